The maximum absolute atomic E-state index is 14.1. The van der Waals surface area contributed by atoms with Gasteiger partial charge >= 0.3 is 6.09 Å². The number of hydrogen-bond acceptors (Lipinski definition) is 12. The molecule has 0 saturated heterocycles. The fraction of sp³-hybridized carbons (Fsp3) is 0.514. The summed E-state index contributed by atoms with van der Waals surface area (Å²) in [4.78, 5) is 30.9. The Hall–Kier alpha value is -4.20. The van der Waals surface area contributed by atoms with E-state index in [2.05, 4.69) is 32.5 Å². The second-order valence-electron chi connectivity index (χ2n) is 13.0. The molecule has 18 heteroatoms. The first-order valence-electron chi connectivity index (χ1n) is 17.1. The van der Waals surface area contributed by atoms with Crippen LogP contribution < -0.4 is 15.5 Å². The molecule has 1 aliphatic rings. The highest BCUT2D eigenvalue weighted by Gasteiger charge is 2.35. The Morgan fingerprint density at radius 2 is 1.68 bits per heavy atom. The first-order chi connectivity index (χ1) is 25.2. The average molecular weight is 766 g/mol. The molecule has 1 amide bonds. The van der Waals surface area contributed by atoms with Gasteiger partial charge in [-0.25, -0.2) is 22.0 Å². The number of methoxy groups -OCH3 is 2. The van der Waals surface area contributed by atoms with Gasteiger partial charge in [-0.05, 0) is 58.3 Å². The fourth-order valence-electron chi connectivity index (χ4n) is 5.65. The van der Waals surface area contributed by atoms with Crippen molar-refractivity contribution in [3.63, 3.8) is 0 Å². The Bertz CT molecular complexity index is 1820. The molecule has 15 nitrogen and oxygen atoms in total. The van der Waals surface area contributed by atoms with Crippen molar-refractivity contribution in [1.82, 2.24) is 19.0 Å². The van der Waals surface area contributed by atoms with Crippen molar-refractivity contribution >= 4 is 39.2 Å². The minimum absolute atomic E-state index is 0.0254. The third kappa shape index (κ3) is 10.7. The highest BCUT2D eigenvalue weighted by molar-refractivity contribution is 7.89. The number of nitrogens with one attached hydrogen (secondary N) is 2. The zero-order valence-corrected chi connectivity index (χ0v) is 32.0. The molecule has 1 unspecified atom stereocenters. The quantitative estimate of drug-likeness (QED) is 0.182. The number of sulfonamides is 1. The summed E-state index contributed by atoms with van der Waals surface area (Å²) in [6.07, 6.45) is -0.890. The molecule has 0 aliphatic carbocycles. The molecule has 4 rings (SSSR count). The summed E-state index contributed by atoms with van der Waals surface area (Å²) < 4.78 is 78.2. The topological polar surface area (TPSA) is 157 Å². The van der Waals surface area contributed by atoms with E-state index in [9.17, 15) is 26.8 Å². The molecule has 3 aromatic rings. The van der Waals surface area contributed by atoms with Gasteiger partial charge in [-0.1, -0.05) is 0 Å². The number of halogens is 2. The Labute approximate surface area is 309 Å². The number of carbonyl (C=O) groups excluding carboxylic acids is 2. The number of benzene rings is 2. The van der Waals surface area contributed by atoms with Gasteiger partial charge in [0.1, 0.15) is 18.2 Å². The number of aromatic nitrogens is 2. The Morgan fingerprint density at radius 3 is 2.34 bits per heavy atom. The highest BCUT2D eigenvalue weighted by Crippen LogP contribution is 2.32. The van der Waals surface area contributed by atoms with E-state index in [0.717, 1.165) is 26.8 Å². The lowest BCUT2D eigenvalue weighted by Gasteiger charge is -2.28. The van der Waals surface area contributed by atoms with Crippen LogP contribution in [0.3, 0.4) is 0 Å². The van der Waals surface area contributed by atoms with Crippen LogP contribution in [0.2, 0.25) is 0 Å². The number of nitrogens with zero attached hydrogens (tertiary/aromatic N) is 5. The summed E-state index contributed by atoms with van der Waals surface area (Å²) in [5.41, 5.74) is 2.14. The zero-order chi connectivity index (χ0) is 38.9. The van der Waals surface area contributed by atoms with Gasteiger partial charge in [-0.3, -0.25) is 4.79 Å². The third-order valence-electron chi connectivity index (χ3n) is 8.71. The number of anilines is 3. The molecule has 292 valence electrons. The van der Waals surface area contributed by atoms with Gasteiger partial charge in [0.25, 0.3) is 5.91 Å². The molecule has 0 spiro atoms. The molecule has 2 aromatic carbocycles. The Morgan fingerprint density at radius 1 is 0.981 bits per heavy atom. The molecule has 0 radical (unpaired) electrons. The van der Waals surface area contributed by atoms with Crippen LogP contribution in [0.25, 0.3) is 0 Å². The van der Waals surface area contributed by atoms with Crippen molar-refractivity contribution in [3.05, 3.63) is 64.9 Å². The molecule has 53 heavy (non-hydrogen) atoms. The summed E-state index contributed by atoms with van der Waals surface area (Å²) >= 11 is 0. The number of carbonyl (C=O) groups is 2. The molecular formula is C35H49F2N7O8S. The Balaban J connectivity index is 1.68. The van der Waals surface area contributed by atoms with Crippen LogP contribution in [0.15, 0.2) is 41.3 Å². The van der Waals surface area contributed by atoms with E-state index in [4.69, 9.17) is 18.9 Å². The van der Waals surface area contributed by atoms with Crippen LogP contribution in [-0.2, 0) is 41.9 Å². The maximum atomic E-state index is 14.1. The van der Waals surface area contributed by atoms with Crippen molar-refractivity contribution in [2.24, 2.45) is 0 Å². The smallest absolute Gasteiger partial charge is 0.435 e. The lowest BCUT2D eigenvalue weighted by atomic mass is 10.1. The van der Waals surface area contributed by atoms with Crippen LogP contribution in [0.4, 0.5) is 30.8 Å². The molecular weight excluding hydrogens is 716 g/mol. The lowest BCUT2D eigenvalue weighted by Crippen LogP contribution is -2.37. The summed E-state index contributed by atoms with van der Waals surface area (Å²) in [6, 6.07) is 7.44. The van der Waals surface area contributed by atoms with Crippen molar-refractivity contribution < 1.29 is 45.7 Å². The highest BCUT2D eigenvalue weighted by atomic mass is 32.2. The van der Waals surface area contributed by atoms with Crippen LogP contribution in [-0.4, -0.2) is 133 Å². The Kier molecular flexibility index (Phi) is 14.7. The van der Waals surface area contributed by atoms with Crippen molar-refractivity contribution in [3.8, 4) is 0 Å². The van der Waals surface area contributed by atoms with Gasteiger partial charge in [-0.2, -0.15) is 8.99 Å². The van der Waals surface area contributed by atoms with E-state index >= 15 is 0 Å². The van der Waals surface area contributed by atoms with Crippen molar-refractivity contribution in [2.75, 3.05) is 97.0 Å². The third-order valence-corrected chi connectivity index (χ3v) is 10.5. The predicted octanol–water partition coefficient (Wildman–Crippen LogP) is 3.64. The van der Waals surface area contributed by atoms with E-state index < -0.39 is 38.6 Å². The molecule has 2 heterocycles. The van der Waals surface area contributed by atoms with Gasteiger partial charge in [-0.15, -0.1) is 5.10 Å². The van der Waals surface area contributed by atoms with Gasteiger partial charge in [0.05, 0.1) is 42.6 Å². The summed E-state index contributed by atoms with van der Waals surface area (Å²) in [7, 11) is 4.66. The monoisotopic (exact) mass is 765 g/mol. The van der Waals surface area contributed by atoms with Gasteiger partial charge in [0.2, 0.25) is 10.0 Å². The first-order valence-corrected chi connectivity index (χ1v) is 18.5. The second kappa shape index (κ2) is 18.7. The predicted molar refractivity (Wildman–Crippen MR) is 195 cm³/mol. The van der Waals surface area contributed by atoms with Crippen LogP contribution >= 0.6 is 0 Å². The number of rotatable bonds is 18. The van der Waals surface area contributed by atoms with Crippen molar-refractivity contribution in [2.45, 2.75) is 43.8 Å². The van der Waals surface area contributed by atoms with E-state index in [-0.39, 0.29) is 61.8 Å². The van der Waals surface area contributed by atoms with E-state index in [0.29, 0.717) is 43.8 Å². The number of fused-ring (bicyclic) bond motifs is 1. The first kappa shape index (κ1) is 41.6. The molecule has 1 aromatic heterocycles. The fourth-order valence-corrected chi connectivity index (χ4v) is 7.11. The molecule has 0 saturated carbocycles. The number of amides is 1. The molecule has 0 bridgehead atoms. The molecule has 1 aliphatic heterocycles. The molecule has 2 N–H and O–H groups in total. The maximum Gasteiger partial charge on any atom is 0.435 e. The zero-order valence-electron chi connectivity index (χ0n) is 31.1. The normalized spacial score (nSPS) is 14.5. The summed E-state index contributed by atoms with van der Waals surface area (Å²) in [6.45, 7) is 5.23. The van der Waals surface area contributed by atoms with Gasteiger partial charge < -0.3 is 39.4 Å². The number of ether oxygens (including phenoxy) is 4. The van der Waals surface area contributed by atoms with E-state index in [1.165, 1.54) is 7.11 Å². The lowest BCUT2D eigenvalue weighted by molar-refractivity contribution is 0.0417. The molecule has 2 atom stereocenters. The summed E-state index contributed by atoms with van der Waals surface area (Å²) in [5.74, 6) is -2.78. The standard InChI is InChI=1S/C35H49F2N7O8S/c1-23(22-50-7)38-31-19-27(42(5)20-24(2)41(3)4)8-9-29(31)34(45)39-33-30-21-43(53(47,48)28-17-25(36)16-26(37)18-28)11-10-32(30)44(40-33)35(46)52-15-14-51-13-12-49-6/h8-9,16-19,23-24,38H,10-15,20-22H2,1-7H3,(H,39,40,45)/t23?,24-/m0/s1. The average Bonchev–Trinajstić information content (AvgIpc) is 3.46. The largest absolute Gasteiger partial charge is 0.445 e. The van der Waals surface area contributed by atoms with Crippen molar-refractivity contribution in [1.29, 1.82) is 0 Å². The second-order valence-corrected chi connectivity index (χ2v) is 14.9. The van der Waals surface area contributed by atoms with E-state index in [1.54, 1.807) is 13.2 Å². The van der Waals surface area contributed by atoms with Gasteiger partial charge in [0, 0.05) is 82.4 Å². The number of hydrogen-bond donors (Lipinski definition) is 2. The van der Waals surface area contributed by atoms with E-state index in [1.807, 2.05) is 40.2 Å². The number of likely N-dealkylation sites (N-methyl/N-ethyl adjacent to an activating group) is 2. The van der Waals surface area contributed by atoms with Crippen LogP contribution in [0.1, 0.15) is 35.5 Å². The molecule has 0 fully saturated rings. The minimum Gasteiger partial charge on any atom is -0.445 e. The summed E-state index contributed by atoms with van der Waals surface area (Å²) in [5, 5.41) is 10.5. The SMILES string of the molecule is COCCOCCOC(=O)n1nc(NC(=O)c2ccc(N(C)C[C@H](C)N(C)C)cc2NC(C)COC)c2c1CCN(S(=O)(=O)c1cc(F)cc(F)c1)C2. The minimum atomic E-state index is -4.41. The van der Waals surface area contributed by atoms with Crippen LogP contribution in [0, 0.1) is 11.6 Å². The van der Waals surface area contributed by atoms with Crippen LogP contribution in [0.5, 0.6) is 0 Å². The van der Waals surface area contributed by atoms with Gasteiger partial charge in [0.15, 0.2) is 5.82 Å².